The number of amides is 1. The summed E-state index contributed by atoms with van der Waals surface area (Å²) in [6.07, 6.45) is 1.28. The highest BCUT2D eigenvalue weighted by atomic mass is 16.1. The lowest BCUT2D eigenvalue weighted by Crippen LogP contribution is -2.30. The van der Waals surface area contributed by atoms with E-state index in [2.05, 4.69) is 31.3 Å². The standard InChI is InChI=1S/C15H24N2O/c1-12(2)14(13-7-4-3-5-8-13)11-17-15(18)9-6-10-16/h3-5,7-8,12,14H,6,9-11,16H2,1-2H3,(H,17,18). The Morgan fingerprint density at radius 1 is 1.28 bits per heavy atom. The molecule has 0 bridgehead atoms. The molecule has 3 heteroatoms. The van der Waals surface area contributed by atoms with E-state index in [-0.39, 0.29) is 5.91 Å². The summed E-state index contributed by atoms with van der Waals surface area (Å²) in [5, 5.41) is 3.00. The van der Waals surface area contributed by atoms with Crippen LogP contribution in [0, 0.1) is 5.92 Å². The zero-order valence-corrected chi connectivity index (χ0v) is 11.4. The van der Waals surface area contributed by atoms with Crippen molar-refractivity contribution in [3.63, 3.8) is 0 Å². The van der Waals surface area contributed by atoms with Gasteiger partial charge in [-0.05, 0) is 24.4 Å². The Kier molecular flexibility index (Phi) is 6.44. The van der Waals surface area contributed by atoms with Crippen LogP contribution in [0.15, 0.2) is 30.3 Å². The molecule has 0 spiro atoms. The van der Waals surface area contributed by atoms with Crippen LogP contribution < -0.4 is 11.1 Å². The second kappa shape index (κ2) is 7.88. The Morgan fingerprint density at radius 2 is 1.94 bits per heavy atom. The number of hydrogen-bond acceptors (Lipinski definition) is 2. The molecule has 1 atom stereocenters. The van der Waals surface area contributed by atoms with Gasteiger partial charge >= 0.3 is 0 Å². The SMILES string of the molecule is CC(C)C(CNC(=O)CCCN)c1ccccc1. The number of nitrogens with two attached hydrogens (primary N) is 1. The average Bonchev–Trinajstić information content (AvgIpc) is 2.37. The van der Waals surface area contributed by atoms with Crippen molar-refractivity contribution in [3.8, 4) is 0 Å². The first-order valence-corrected chi connectivity index (χ1v) is 6.67. The third kappa shape index (κ3) is 4.88. The molecule has 0 aliphatic rings. The van der Waals surface area contributed by atoms with Crippen LogP contribution in [0.4, 0.5) is 0 Å². The van der Waals surface area contributed by atoms with Crippen molar-refractivity contribution in [1.82, 2.24) is 5.32 Å². The van der Waals surface area contributed by atoms with E-state index in [0.717, 1.165) is 6.42 Å². The summed E-state index contributed by atoms with van der Waals surface area (Å²) >= 11 is 0. The van der Waals surface area contributed by atoms with E-state index >= 15 is 0 Å². The molecule has 0 heterocycles. The maximum atomic E-state index is 11.6. The van der Waals surface area contributed by atoms with Gasteiger partial charge in [-0.1, -0.05) is 44.2 Å². The van der Waals surface area contributed by atoms with E-state index in [9.17, 15) is 4.79 Å². The fraction of sp³-hybridized carbons (Fsp3) is 0.533. The van der Waals surface area contributed by atoms with Crippen molar-refractivity contribution in [2.24, 2.45) is 11.7 Å². The molecule has 0 aliphatic heterocycles. The predicted molar refractivity (Wildman–Crippen MR) is 75.3 cm³/mol. The molecule has 1 aromatic rings. The number of rotatable bonds is 7. The van der Waals surface area contributed by atoms with E-state index in [0.29, 0.717) is 31.3 Å². The van der Waals surface area contributed by atoms with E-state index in [1.54, 1.807) is 0 Å². The molecule has 0 aliphatic carbocycles. The molecule has 100 valence electrons. The molecule has 0 saturated carbocycles. The normalized spacial score (nSPS) is 12.4. The molecule has 1 unspecified atom stereocenters. The lowest BCUT2D eigenvalue weighted by Gasteiger charge is -2.21. The minimum Gasteiger partial charge on any atom is -0.355 e. The van der Waals surface area contributed by atoms with E-state index in [1.807, 2.05) is 18.2 Å². The first kappa shape index (κ1) is 14.7. The minimum absolute atomic E-state index is 0.0991. The van der Waals surface area contributed by atoms with Crippen molar-refractivity contribution in [1.29, 1.82) is 0 Å². The number of hydrogen-bond donors (Lipinski definition) is 2. The second-order valence-electron chi connectivity index (χ2n) is 4.96. The summed E-state index contributed by atoms with van der Waals surface area (Å²) in [7, 11) is 0. The molecule has 18 heavy (non-hydrogen) atoms. The lowest BCUT2D eigenvalue weighted by molar-refractivity contribution is -0.121. The third-order valence-electron chi connectivity index (χ3n) is 3.16. The summed E-state index contributed by atoms with van der Waals surface area (Å²) in [5.74, 6) is 0.970. The third-order valence-corrected chi connectivity index (χ3v) is 3.16. The van der Waals surface area contributed by atoms with Crippen molar-refractivity contribution in [3.05, 3.63) is 35.9 Å². The fourth-order valence-electron chi connectivity index (χ4n) is 2.01. The summed E-state index contributed by atoms with van der Waals surface area (Å²) in [4.78, 5) is 11.6. The first-order valence-electron chi connectivity index (χ1n) is 6.67. The summed E-state index contributed by atoms with van der Waals surface area (Å²) in [5.41, 5.74) is 6.68. The van der Waals surface area contributed by atoms with Crippen LogP contribution in [0.25, 0.3) is 0 Å². The van der Waals surface area contributed by atoms with Gasteiger partial charge < -0.3 is 11.1 Å². The van der Waals surface area contributed by atoms with Crippen LogP contribution >= 0.6 is 0 Å². The van der Waals surface area contributed by atoms with Crippen LogP contribution in [0.5, 0.6) is 0 Å². The van der Waals surface area contributed by atoms with Crippen molar-refractivity contribution in [2.75, 3.05) is 13.1 Å². The van der Waals surface area contributed by atoms with E-state index < -0.39 is 0 Å². The van der Waals surface area contributed by atoms with Gasteiger partial charge in [0.15, 0.2) is 0 Å². The minimum atomic E-state index is 0.0991. The quantitative estimate of drug-likeness (QED) is 0.778. The summed E-state index contributed by atoms with van der Waals surface area (Å²) in [6, 6.07) is 10.3. The van der Waals surface area contributed by atoms with Gasteiger partial charge in [0.1, 0.15) is 0 Å². The molecule has 3 nitrogen and oxygen atoms in total. The predicted octanol–water partition coefficient (Wildman–Crippen LogP) is 2.28. The zero-order chi connectivity index (χ0) is 13.4. The largest absolute Gasteiger partial charge is 0.355 e. The van der Waals surface area contributed by atoms with Crippen LogP contribution in [0.1, 0.15) is 38.2 Å². The van der Waals surface area contributed by atoms with Gasteiger partial charge in [0.05, 0.1) is 0 Å². The smallest absolute Gasteiger partial charge is 0.220 e. The maximum Gasteiger partial charge on any atom is 0.220 e. The van der Waals surface area contributed by atoms with Gasteiger partial charge in [-0.15, -0.1) is 0 Å². The average molecular weight is 248 g/mol. The van der Waals surface area contributed by atoms with Gasteiger partial charge in [-0.25, -0.2) is 0 Å². The number of carbonyl (C=O) groups is 1. The Bertz CT molecular complexity index is 349. The molecule has 0 saturated heterocycles. The highest BCUT2D eigenvalue weighted by molar-refractivity contribution is 5.75. The Balaban J connectivity index is 2.52. The highest BCUT2D eigenvalue weighted by Crippen LogP contribution is 2.23. The van der Waals surface area contributed by atoms with Crippen LogP contribution in [-0.4, -0.2) is 19.0 Å². The van der Waals surface area contributed by atoms with Crippen LogP contribution in [0.2, 0.25) is 0 Å². The second-order valence-corrected chi connectivity index (χ2v) is 4.96. The Morgan fingerprint density at radius 3 is 2.50 bits per heavy atom. The molecular weight excluding hydrogens is 224 g/mol. The molecule has 1 amide bonds. The van der Waals surface area contributed by atoms with Crippen molar-refractivity contribution < 1.29 is 4.79 Å². The van der Waals surface area contributed by atoms with Crippen LogP contribution in [-0.2, 0) is 4.79 Å². The molecule has 0 aromatic heterocycles. The molecule has 3 N–H and O–H groups in total. The molecule has 1 rings (SSSR count). The molecule has 0 fully saturated rings. The lowest BCUT2D eigenvalue weighted by atomic mass is 9.88. The van der Waals surface area contributed by atoms with Gasteiger partial charge in [-0.2, -0.15) is 0 Å². The van der Waals surface area contributed by atoms with Crippen molar-refractivity contribution >= 4 is 5.91 Å². The fourth-order valence-corrected chi connectivity index (χ4v) is 2.01. The molecular formula is C15H24N2O. The first-order chi connectivity index (χ1) is 8.65. The van der Waals surface area contributed by atoms with E-state index in [4.69, 9.17) is 5.73 Å². The number of nitrogens with one attached hydrogen (secondary N) is 1. The van der Waals surface area contributed by atoms with Gasteiger partial charge in [0.2, 0.25) is 5.91 Å². The van der Waals surface area contributed by atoms with Gasteiger partial charge in [-0.3, -0.25) is 4.79 Å². The topological polar surface area (TPSA) is 55.1 Å². The number of benzene rings is 1. The summed E-state index contributed by atoms with van der Waals surface area (Å²) in [6.45, 7) is 5.64. The van der Waals surface area contributed by atoms with Gasteiger partial charge in [0.25, 0.3) is 0 Å². The zero-order valence-electron chi connectivity index (χ0n) is 11.4. The summed E-state index contributed by atoms with van der Waals surface area (Å²) < 4.78 is 0. The molecule has 0 radical (unpaired) electrons. The van der Waals surface area contributed by atoms with E-state index in [1.165, 1.54) is 5.56 Å². The molecule has 1 aromatic carbocycles. The monoisotopic (exact) mass is 248 g/mol. The van der Waals surface area contributed by atoms with Crippen LogP contribution in [0.3, 0.4) is 0 Å². The van der Waals surface area contributed by atoms with Crippen molar-refractivity contribution in [2.45, 2.75) is 32.6 Å². The number of carbonyl (C=O) groups excluding carboxylic acids is 1. The Labute approximate surface area is 110 Å². The van der Waals surface area contributed by atoms with Gasteiger partial charge in [0, 0.05) is 18.9 Å². The highest BCUT2D eigenvalue weighted by Gasteiger charge is 2.16. The Hall–Kier alpha value is -1.35. The maximum absolute atomic E-state index is 11.6.